The minimum Gasteiger partial charge on any atom is -0.497 e. The first-order valence-electron chi connectivity index (χ1n) is 10.5. The second-order valence-electron chi connectivity index (χ2n) is 7.76. The van der Waals surface area contributed by atoms with Crippen LogP contribution in [0, 0.1) is 0 Å². The van der Waals surface area contributed by atoms with E-state index in [4.69, 9.17) is 9.84 Å². The lowest BCUT2D eigenvalue weighted by Crippen LogP contribution is -2.48. The average molecular weight is 417 g/mol. The zero-order valence-corrected chi connectivity index (χ0v) is 17.7. The maximum Gasteiger partial charge on any atom is 0.181 e. The molecule has 0 amide bonds. The number of carbonyl (C=O) groups is 2. The van der Waals surface area contributed by atoms with Crippen LogP contribution >= 0.6 is 0 Å². The number of rotatable bonds is 9. The summed E-state index contributed by atoms with van der Waals surface area (Å²) in [6, 6.07) is 7.66. The molecular formula is C22H32N4O4. The van der Waals surface area contributed by atoms with Crippen molar-refractivity contribution in [3.63, 3.8) is 0 Å². The van der Waals surface area contributed by atoms with Crippen molar-refractivity contribution in [1.82, 2.24) is 20.0 Å². The number of carbonyl (C=O) groups excluding carboxylic acids is 2. The molecule has 0 atom stereocenters. The lowest BCUT2D eigenvalue weighted by Gasteiger charge is -2.34. The fourth-order valence-corrected chi connectivity index (χ4v) is 3.82. The molecule has 0 unspecified atom stereocenters. The van der Waals surface area contributed by atoms with E-state index in [9.17, 15) is 9.59 Å². The van der Waals surface area contributed by atoms with Crippen molar-refractivity contribution in [1.29, 1.82) is 0 Å². The molecule has 2 aliphatic heterocycles. The number of benzene rings is 1. The molecule has 2 N–H and O–H groups in total. The molecule has 2 fully saturated rings. The monoisotopic (exact) mass is 416 g/mol. The molecule has 2 saturated heterocycles. The van der Waals surface area contributed by atoms with Crippen LogP contribution in [0.1, 0.15) is 5.56 Å². The Morgan fingerprint density at radius 3 is 2.13 bits per heavy atom. The van der Waals surface area contributed by atoms with Gasteiger partial charge in [-0.25, -0.2) is 0 Å². The molecule has 1 aromatic carbocycles. The van der Waals surface area contributed by atoms with Crippen molar-refractivity contribution >= 4 is 11.6 Å². The summed E-state index contributed by atoms with van der Waals surface area (Å²) in [7, 11) is 1.62. The van der Waals surface area contributed by atoms with Crippen LogP contribution in [0.4, 0.5) is 0 Å². The van der Waals surface area contributed by atoms with Gasteiger partial charge in [0.05, 0.1) is 32.4 Å². The number of ketones is 2. The Morgan fingerprint density at radius 1 is 0.967 bits per heavy atom. The molecule has 30 heavy (non-hydrogen) atoms. The van der Waals surface area contributed by atoms with Crippen LogP contribution < -0.4 is 10.1 Å². The number of likely N-dealkylation sites (tertiary alicyclic amines) is 1. The Bertz CT molecular complexity index is 722. The largest absolute Gasteiger partial charge is 0.497 e. The van der Waals surface area contributed by atoms with Crippen molar-refractivity contribution in [2.45, 2.75) is 6.54 Å². The van der Waals surface area contributed by atoms with Gasteiger partial charge in [0.15, 0.2) is 11.6 Å². The van der Waals surface area contributed by atoms with Crippen LogP contribution in [-0.2, 0) is 16.1 Å². The van der Waals surface area contributed by atoms with E-state index in [1.807, 2.05) is 29.2 Å². The third-order valence-corrected chi connectivity index (χ3v) is 5.60. The molecular weight excluding hydrogens is 384 g/mol. The number of methoxy groups -OCH3 is 1. The van der Waals surface area contributed by atoms with E-state index in [0.29, 0.717) is 13.1 Å². The minimum atomic E-state index is -0.134. The fraction of sp³-hybridized carbons (Fsp3) is 0.545. The number of ether oxygens (including phenoxy) is 1. The summed E-state index contributed by atoms with van der Waals surface area (Å²) < 4.78 is 5.16. The third kappa shape index (κ3) is 6.37. The molecule has 1 aromatic rings. The number of piperidine rings is 1. The SMILES string of the molecule is COc1ccc(CN2CC(=O)C(=CNCCN3CCN(CCO)CC3)C(=O)C2)cc1. The molecule has 2 aliphatic rings. The Balaban J connectivity index is 1.41. The highest BCUT2D eigenvalue weighted by molar-refractivity contribution is 6.23. The molecule has 164 valence electrons. The number of Topliss-reactive ketones (excluding diaryl/α,β-unsaturated/α-hetero) is 2. The average Bonchev–Trinajstić information content (AvgIpc) is 2.74. The number of aliphatic hydroxyl groups is 1. The topological polar surface area (TPSA) is 85.3 Å². The Labute approximate surface area is 178 Å². The summed E-state index contributed by atoms with van der Waals surface area (Å²) in [4.78, 5) is 31.4. The summed E-state index contributed by atoms with van der Waals surface area (Å²) in [6.07, 6.45) is 1.59. The second kappa shape index (κ2) is 11.2. The molecule has 0 aromatic heterocycles. The molecule has 0 bridgehead atoms. The summed E-state index contributed by atoms with van der Waals surface area (Å²) in [5.74, 6) is 0.516. The molecule has 8 heteroatoms. The molecule has 0 saturated carbocycles. The number of hydrogen-bond acceptors (Lipinski definition) is 8. The van der Waals surface area contributed by atoms with Crippen molar-refractivity contribution in [3.05, 3.63) is 41.6 Å². The highest BCUT2D eigenvalue weighted by Crippen LogP contribution is 2.16. The molecule has 2 heterocycles. The van der Waals surface area contributed by atoms with Gasteiger partial charge in [-0.3, -0.25) is 24.3 Å². The zero-order chi connectivity index (χ0) is 21.3. The third-order valence-electron chi connectivity index (χ3n) is 5.60. The fourth-order valence-electron chi connectivity index (χ4n) is 3.82. The number of aliphatic hydroxyl groups excluding tert-OH is 1. The van der Waals surface area contributed by atoms with Crippen LogP contribution in [0.25, 0.3) is 0 Å². The number of piperazine rings is 1. The molecule has 8 nitrogen and oxygen atoms in total. The lowest BCUT2D eigenvalue weighted by atomic mass is 10.0. The first-order chi connectivity index (χ1) is 14.6. The van der Waals surface area contributed by atoms with Gasteiger partial charge >= 0.3 is 0 Å². The van der Waals surface area contributed by atoms with Gasteiger partial charge in [-0.15, -0.1) is 0 Å². The van der Waals surface area contributed by atoms with E-state index < -0.39 is 0 Å². The number of nitrogens with zero attached hydrogens (tertiary/aromatic N) is 3. The predicted octanol–water partition coefficient (Wildman–Crippen LogP) is -0.268. The summed E-state index contributed by atoms with van der Waals surface area (Å²) in [6.45, 7) is 7.41. The summed E-state index contributed by atoms with van der Waals surface area (Å²) >= 11 is 0. The van der Waals surface area contributed by atoms with Gasteiger partial charge < -0.3 is 15.2 Å². The normalized spacial score (nSPS) is 19.2. The Hall–Kier alpha value is -2.26. The predicted molar refractivity (Wildman–Crippen MR) is 114 cm³/mol. The van der Waals surface area contributed by atoms with E-state index in [0.717, 1.165) is 50.6 Å². The van der Waals surface area contributed by atoms with Crippen molar-refractivity contribution < 1.29 is 19.4 Å². The highest BCUT2D eigenvalue weighted by Gasteiger charge is 2.28. The van der Waals surface area contributed by atoms with Crippen molar-refractivity contribution in [2.75, 3.05) is 72.6 Å². The van der Waals surface area contributed by atoms with Gasteiger partial charge in [-0.1, -0.05) is 12.1 Å². The highest BCUT2D eigenvalue weighted by atomic mass is 16.5. The van der Waals surface area contributed by atoms with Crippen molar-refractivity contribution in [2.24, 2.45) is 0 Å². The van der Waals surface area contributed by atoms with Gasteiger partial charge in [0.1, 0.15) is 5.75 Å². The standard InChI is InChI=1S/C22H32N4O4/c1-30-19-4-2-18(3-5-19)15-26-16-21(28)20(22(29)17-26)14-23-6-7-24-8-10-25(11-9-24)12-13-27/h2-5,14,23,27H,6-13,15-17H2,1H3. The second-order valence-corrected chi connectivity index (χ2v) is 7.76. The lowest BCUT2D eigenvalue weighted by molar-refractivity contribution is -0.126. The first kappa shape index (κ1) is 22.4. The van der Waals surface area contributed by atoms with E-state index in [1.165, 1.54) is 0 Å². The van der Waals surface area contributed by atoms with Gasteiger partial charge in [0, 0.05) is 58.6 Å². The van der Waals surface area contributed by atoms with Gasteiger partial charge in [0.25, 0.3) is 0 Å². The number of hydrogen-bond donors (Lipinski definition) is 2. The maximum absolute atomic E-state index is 12.5. The first-order valence-corrected chi connectivity index (χ1v) is 10.5. The van der Waals surface area contributed by atoms with E-state index in [1.54, 1.807) is 13.3 Å². The molecule has 0 radical (unpaired) electrons. The summed E-state index contributed by atoms with van der Waals surface area (Å²) in [5.41, 5.74) is 1.31. The zero-order valence-electron chi connectivity index (χ0n) is 17.7. The van der Waals surface area contributed by atoms with E-state index in [2.05, 4.69) is 15.1 Å². The smallest absolute Gasteiger partial charge is 0.181 e. The van der Waals surface area contributed by atoms with Crippen LogP contribution in [-0.4, -0.2) is 104 Å². The molecule has 0 aliphatic carbocycles. The minimum absolute atomic E-state index is 0.134. The Kier molecular flexibility index (Phi) is 8.39. The van der Waals surface area contributed by atoms with Crippen LogP contribution in [0.2, 0.25) is 0 Å². The van der Waals surface area contributed by atoms with Crippen molar-refractivity contribution in [3.8, 4) is 5.75 Å². The quantitative estimate of drug-likeness (QED) is 0.323. The number of nitrogens with one attached hydrogen (secondary N) is 1. The molecule has 0 spiro atoms. The number of β-amino-alcohol motifs (C(OH)–C–C–N with tert-alkyl or cyclic N) is 1. The maximum atomic E-state index is 12.5. The van der Waals surface area contributed by atoms with Gasteiger partial charge in [-0.05, 0) is 17.7 Å². The van der Waals surface area contributed by atoms with Crippen LogP contribution in [0.5, 0.6) is 5.75 Å². The van der Waals surface area contributed by atoms with E-state index in [-0.39, 0.29) is 36.8 Å². The summed E-state index contributed by atoms with van der Waals surface area (Å²) in [5, 5.41) is 12.1. The van der Waals surface area contributed by atoms with Crippen LogP contribution in [0.3, 0.4) is 0 Å². The van der Waals surface area contributed by atoms with Gasteiger partial charge in [-0.2, -0.15) is 0 Å². The Morgan fingerprint density at radius 2 is 1.57 bits per heavy atom. The van der Waals surface area contributed by atoms with Gasteiger partial charge in [0.2, 0.25) is 0 Å². The molecule has 3 rings (SSSR count). The van der Waals surface area contributed by atoms with E-state index >= 15 is 0 Å². The van der Waals surface area contributed by atoms with Crippen LogP contribution in [0.15, 0.2) is 36.0 Å².